The number of nitrogens with two attached hydrogens (primary N) is 1. The Morgan fingerprint density at radius 1 is 1.10 bits per heavy atom. The monoisotopic (exact) mass is 289 g/mol. The van der Waals surface area contributed by atoms with Crippen LogP contribution in [0.15, 0.2) is 36.4 Å². The fraction of sp³-hybridized carbons (Fsp3) is 0.294. The van der Waals surface area contributed by atoms with E-state index in [-0.39, 0.29) is 6.04 Å². The van der Waals surface area contributed by atoms with Gasteiger partial charge in [0.2, 0.25) is 0 Å². The normalized spacial score (nSPS) is 12.2. The highest BCUT2D eigenvalue weighted by molar-refractivity contribution is 6.32. The molecule has 2 nitrogen and oxygen atoms in total. The molecule has 0 saturated heterocycles. The Morgan fingerprint density at radius 3 is 2.35 bits per heavy atom. The highest BCUT2D eigenvalue weighted by atomic mass is 35.5. The zero-order chi connectivity index (χ0) is 14.7. The Kier molecular flexibility index (Phi) is 4.69. The van der Waals surface area contributed by atoms with Crippen LogP contribution >= 0.6 is 11.6 Å². The van der Waals surface area contributed by atoms with Crippen molar-refractivity contribution in [2.75, 3.05) is 0 Å². The molecule has 2 aromatic rings. The summed E-state index contributed by atoms with van der Waals surface area (Å²) in [5.41, 5.74) is 9.18. The average Bonchev–Trinajstić information content (AvgIpc) is 2.44. The van der Waals surface area contributed by atoms with Crippen LogP contribution in [0.4, 0.5) is 0 Å². The molecule has 0 radical (unpaired) electrons. The molecule has 106 valence electrons. The molecule has 20 heavy (non-hydrogen) atoms. The van der Waals surface area contributed by atoms with Gasteiger partial charge >= 0.3 is 0 Å². The highest BCUT2D eigenvalue weighted by Crippen LogP contribution is 2.30. The molecule has 2 aromatic carbocycles. The predicted molar refractivity (Wildman–Crippen MR) is 84.7 cm³/mol. The first kappa shape index (κ1) is 14.9. The second-order valence-electron chi connectivity index (χ2n) is 5.06. The number of benzene rings is 2. The SMILES string of the molecule is CCC(N)c1cccc(Oc2cc(C)c(Cl)c(C)c2)c1. The predicted octanol–water partition coefficient (Wildman–Crippen LogP) is 5.16. The summed E-state index contributed by atoms with van der Waals surface area (Å²) in [6.45, 7) is 6.03. The maximum atomic E-state index is 6.17. The van der Waals surface area contributed by atoms with Crippen molar-refractivity contribution in [2.24, 2.45) is 5.73 Å². The lowest BCUT2D eigenvalue weighted by atomic mass is 10.1. The fourth-order valence-corrected chi connectivity index (χ4v) is 2.25. The summed E-state index contributed by atoms with van der Waals surface area (Å²) in [7, 11) is 0. The molecule has 2 rings (SSSR count). The summed E-state index contributed by atoms with van der Waals surface area (Å²) >= 11 is 6.17. The number of hydrogen-bond donors (Lipinski definition) is 1. The van der Waals surface area contributed by atoms with Crippen molar-refractivity contribution in [2.45, 2.75) is 33.2 Å². The number of halogens is 1. The third kappa shape index (κ3) is 3.33. The van der Waals surface area contributed by atoms with Crippen LogP contribution in [0.3, 0.4) is 0 Å². The summed E-state index contributed by atoms with van der Waals surface area (Å²) in [6.07, 6.45) is 0.905. The van der Waals surface area contributed by atoms with E-state index in [9.17, 15) is 0 Å². The topological polar surface area (TPSA) is 35.2 Å². The quantitative estimate of drug-likeness (QED) is 0.844. The lowest BCUT2D eigenvalue weighted by Gasteiger charge is -2.13. The van der Waals surface area contributed by atoms with E-state index in [1.54, 1.807) is 0 Å². The third-order valence-electron chi connectivity index (χ3n) is 3.37. The zero-order valence-electron chi connectivity index (χ0n) is 12.1. The van der Waals surface area contributed by atoms with Crippen LogP contribution in [0.5, 0.6) is 11.5 Å². The number of hydrogen-bond acceptors (Lipinski definition) is 2. The van der Waals surface area contributed by atoms with Crippen molar-refractivity contribution in [3.63, 3.8) is 0 Å². The smallest absolute Gasteiger partial charge is 0.128 e. The largest absolute Gasteiger partial charge is 0.457 e. The van der Waals surface area contributed by atoms with Crippen molar-refractivity contribution < 1.29 is 4.74 Å². The molecule has 0 fully saturated rings. The lowest BCUT2D eigenvalue weighted by Crippen LogP contribution is -2.08. The van der Waals surface area contributed by atoms with E-state index in [2.05, 4.69) is 6.92 Å². The van der Waals surface area contributed by atoms with Crippen molar-refractivity contribution in [3.05, 3.63) is 58.1 Å². The standard InChI is InChI=1S/C17H20ClNO/c1-4-16(19)13-6-5-7-14(10-13)20-15-8-11(2)17(18)12(3)9-15/h5-10,16H,4,19H2,1-3H3. The van der Waals surface area contributed by atoms with Gasteiger partial charge in [-0.15, -0.1) is 0 Å². The Labute approximate surface area is 125 Å². The van der Waals surface area contributed by atoms with Gasteiger partial charge in [-0.1, -0.05) is 30.7 Å². The van der Waals surface area contributed by atoms with Crippen LogP contribution in [0.2, 0.25) is 5.02 Å². The van der Waals surface area contributed by atoms with Crippen LogP contribution in [0.1, 0.15) is 36.1 Å². The van der Waals surface area contributed by atoms with E-state index >= 15 is 0 Å². The van der Waals surface area contributed by atoms with Gasteiger partial charge in [0.05, 0.1) is 0 Å². The first-order valence-corrected chi connectivity index (χ1v) is 7.19. The van der Waals surface area contributed by atoms with Gasteiger partial charge in [0.25, 0.3) is 0 Å². The second kappa shape index (κ2) is 6.29. The summed E-state index contributed by atoms with van der Waals surface area (Å²) in [6, 6.07) is 11.9. The maximum Gasteiger partial charge on any atom is 0.128 e. The van der Waals surface area contributed by atoms with Crippen LogP contribution < -0.4 is 10.5 Å². The average molecular weight is 290 g/mol. The molecule has 2 N–H and O–H groups in total. The minimum atomic E-state index is 0.0484. The molecule has 3 heteroatoms. The van der Waals surface area contributed by atoms with Gasteiger partial charge in [0.15, 0.2) is 0 Å². The molecule has 0 saturated carbocycles. The van der Waals surface area contributed by atoms with Gasteiger partial charge < -0.3 is 10.5 Å². The molecular formula is C17H20ClNO. The minimum absolute atomic E-state index is 0.0484. The molecule has 0 bridgehead atoms. The Morgan fingerprint density at radius 2 is 1.75 bits per heavy atom. The Hall–Kier alpha value is -1.51. The first-order chi connectivity index (χ1) is 9.51. The molecule has 1 atom stereocenters. The summed E-state index contributed by atoms with van der Waals surface area (Å²) < 4.78 is 5.92. The number of rotatable bonds is 4. The molecule has 0 spiro atoms. The van der Waals surface area contributed by atoms with Gasteiger partial charge in [-0.3, -0.25) is 0 Å². The van der Waals surface area contributed by atoms with Gasteiger partial charge in [-0.05, 0) is 61.2 Å². The fourth-order valence-electron chi connectivity index (χ4n) is 2.15. The van der Waals surface area contributed by atoms with Crippen LogP contribution in [-0.2, 0) is 0 Å². The maximum absolute atomic E-state index is 6.17. The Balaban J connectivity index is 2.26. The van der Waals surface area contributed by atoms with E-state index in [1.165, 1.54) is 0 Å². The van der Waals surface area contributed by atoms with Gasteiger partial charge in [-0.2, -0.15) is 0 Å². The highest BCUT2D eigenvalue weighted by Gasteiger charge is 2.07. The van der Waals surface area contributed by atoms with Gasteiger partial charge in [-0.25, -0.2) is 0 Å². The molecule has 0 aromatic heterocycles. The van der Waals surface area contributed by atoms with E-state index in [4.69, 9.17) is 22.1 Å². The van der Waals surface area contributed by atoms with Crippen LogP contribution in [0, 0.1) is 13.8 Å². The number of ether oxygens (including phenoxy) is 1. The Bertz CT molecular complexity index is 587. The summed E-state index contributed by atoms with van der Waals surface area (Å²) in [5.74, 6) is 1.60. The molecular weight excluding hydrogens is 270 g/mol. The zero-order valence-corrected chi connectivity index (χ0v) is 12.9. The van der Waals surface area contributed by atoms with Gasteiger partial charge in [0, 0.05) is 11.1 Å². The third-order valence-corrected chi connectivity index (χ3v) is 3.97. The number of aryl methyl sites for hydroxylation is 2. The molecule has 0 aliphatic carbocycles. The van der Waals surface area contributed by atoms with Crippen molar-refractivity contribution >= 4 is 11.6 Å². The molecule has 1 unspecified atom stereocenters. The van der Waals surface area contributed by atoms with E-state index < -0.39 is 0 Å². The molecule has 0 heterocycles. The van der Waals surface area contributed by atoms with Crippen LogP contribution in [-0.4, -0.2) is 0 Å². The van der Waals surface area contributed by atoms with Crippen LogP contribution in [0.25, 0.3) is 0 Å². The van der Waals surface area contributed by atoms with Crippen molar-refractivity contribution in [1.29, 1.82) is 0 Å². The van der Waals surface area contributed by atoms with E-state index in [0.29, 0.717) is 0 Å². The van der Waals surface area contributed by atoms with E-state index in [0.717, 1.165) is 39.6 Å². The molecule has 0 amide bonds. The lowest BCUT2D eigenvalue weighted by molar-refractivity contribution is 0.480. The van der Waals surface area contributed by atoms with Gasteiger partial charge in [0.1, 0.15) is 11.5 Å². The molecule has 0 aliphatic heterocycles. The van der Waals surface area contributed by atoms with Crippen molar-refractivity contribution in [1.82, 2.24) is 0 Å². The second-order valence-corrected chi connectivity index (χ2v) is 5.44. The summed E-state index contributed by atoms with van der Waals surface area (Å²) in [4.78, 5) is 0. The summed E-state index contributed by atoms with van der Waals surface area (Å²) in [5, 5.41) is 0.791. The first-order valence-electron chi connectivity index (χ1n) is 6.81. The minimum Gasteiger partial charge on any atom is -0.457 e. The van der Waals surface area contributed by atoms with Crippen molar-refractivity contribution in [3.8, 4) is 11.5 Å². The molecule has 0 aliphatic rings. The van der Waals surface area contributed by atoms with E-state index in [1.807, 2.05) is 50.2 Å².